The Morgan fingerprint density at radius 3 is 2.71 bits per heavy atom. The van der Waals surface area contributed by atoms with Crippen molar-refractivity contribution in [2.24, 2.45) is 0 Å². The molecule has 1 aromatic heterocycles. The number of benzene rings is 1. The number of hydrogen-bond donors (Lipinski definition) is 1. The van der Waals surface area contributed by atoms with Crippen LogP contribution in [0.25, 0.3) is 0 Å². The van der Waals surface area contributed by atoms with E-state index >= 15 is 0 Å². The van der Waals surface area contributed by atoms with Crippen LogP contribution < -0.4 is 5.32 Å². The summed E-state index contributed by atoms with van der Waals surface area (Å²) in [7, 11) is 1.68. The summed E-state index contributed by atoms with van der Waals surface area (Å²) in [6.45, 7) is 4.57. The van der Waals surface area contributed by atoms with E-state index in [-0.39, 0.29) is 6.10 Å². The van der Waals surface area contributed by atoms with Crippen LogP contribution in [0, 0.1) is 6.92 Å². The van der Waals surface area contributed by atoms with Crippen LogP contribution in [0.5, 0.6) is 0 Å². The third-order valence-electron chi connectivity index (χ3n) is 3.26. The Bertz CT molecular complexity index is 604. The molecule has 0 saturated heterocycles. The fraction of sp³-hybridized carbons (Fsp3) is 0.375. The first-order valence-electron chi connectivity index (χ1n) is 6.99. The summed E-state index contributed by atoms with van der Waals surface area (Å²) in [4.78, 5) is 8.76. The zero-order chi connectivity index (χ0) is 15.2. The maximum atomic E-state index is 6.22. The molecule has 1 atom stereocenters. The quantitative estimate of drug-likeness (QED) is 0.882. The van der Waals surface area contributed by atoms with Crippen LogP contribution in [0.4, 0.5) is 5.82 Å². The molecule has 4 nitrogen and oxygen atoms in total. The molecule has 1 N–H and O–H groups in total. The van der Waals surface area contributed by atoms with Crippen molar-refractivity contribution >= 4 is 17.4 Å². The molecule has 1 heterocycles. The molecule has 0 fully saturated rings. The van der Waals surface area contributed by atoms with E-state index in [0.29, 0.717) is 11.6 Å². The molecule has 0 aliphatic heterocycles. The molecular formula is C16H20ClN3O. The van der Waals surface area contributed by atoms with Crippen LogP contribution in [0.2, 0.25) is 5.02 Å². The van der Waals surface area contributed by atoms with Gasteiger partial charge in [-0.25, -0.2) is 9.97 Å². The smallest absolute Gasteiger partial charge is 0.130 e. The number of halogens is 1. The molecule has 0 bridgehead atoms. The molecule has 5 heteroatoms. The average Bonchev–Trinajstić information content (AvgIpc) is 2.49. The summed E-state index contributed by atoms with van der Waals surface area (Å²) in [5.74, 6) is 1.58. The van der Waals surface area contributed by atoms with Gasteiger partial charge in [-0.05, 0) is 19.4 Å². The van der Waals surface area contributed by atoms with E-state index in [1.807, 2.05) is 37.3 Å². The van der Waals surface area contributed by atoms with Gasteiger partial charge in [0.05, 0.1) is 0 Å². The highest BCUT2D eigenvalue weighted by Gasteiger charge is 2.14. The highest BCUT2D eigenvalue weighted by molar-refractivity contribution is 6.31. The Labute approximate surface area is 130 Å². The Hall–Kier alpha value is -1.65. The molecule has 112 valence electrons. The van der Waals surface area contributed by atoms with Gasteiger partial charge in [0, 0.05) is 36.0 Å². The molecule has 21 heavy (non-hydrogen) atoms. The van der Waals surface area contributed by atoms with E-state index in [9.17, 15) is 0 Å². The number of nitrogens with zero attached hydrogens (tertiary/aromatic N) is 2. The van der Waals surface area contributed by atoms with Crippen LogP contribution in [0.3, 0.4) is 0 Å². The minimum Gasteiger partial charge on any atom is -0.375 e. The van der Waals surface area contributed by atoms with Crippen molar-refractivity contribution in [1.29, 1.82) is 0 Å². The molecule has 1 unspecified atom stereocenters. The molecule has 2 rings (SSSR count). The molecule has 0 saturated carbocycles. The zero-order valence-electron chi connectivity index (χ0n) is 12.6. The first-order valence-corrected chi connectivity index (χ1v) is 7.37. The van der Waals surface area contributed by atoms with Crippen molar-refractivity contribution in [3.8, 4) is 0 Å². The first kappa shape index (κ1) is 15.7. The summed E-state index contributed by atoms with van der Waals surface area (Å²) in [6.07, 6.45) is 0.759. The van der Waals surface area contributed by atoms with Crippen LogP contribution in [0.1, 0.15) is 30.1 Å². The maximum Gasteiger partial charge on any atom is 0.130 e. The number of ether oxygens (including phenoxy) is 1. The lowest BCUT2D eigenvalue weighted by Crippen LogP contribution is -2.16. The van der Waals surface area contributed by atoms with Crippen molar-refractivity contribution in [2.45, 2.75) is 26.4 Å². The minimum atomic E-state index is -0.126. The average molecular weight is 306 g/mol. The largest absolute Gasteiger partial charge is 0.375 e. The van der Waals surface area contributed by atoms with Crippen LogP contribution in [-0.2, 0) is 11.2 Å². The SMILES string of the molecule is CCc1cc(NCC(OC)c2ccccc2Cl)nc(C)n1. The molecular weight excluding hydrogens is 286 g/mol. The number of hydrogen-bond acceptors (Lipinski definition) is 4. The fourth-order valence-corrected chi connectivity index (χ4v) is 2.41. The van der Waals surface area contributed by atoms with Crippen LogP contribution >= 0.6 is 11.6 Å². The Kier molecular flexibility index (Phi) is 5.53. The van der Waals surface area contributed by atoms with Crippen molar-refractivity contribution < 1.29 is 4.74 Å². The Balaban J connectivity index is 2.10. The zero-order valence-corrected chi connectivity index (χ0v) is 13.3. The van der Waals surface area contributed by atoms with E-state index in [2.05, 4.69) is 22.2 Å². The van der Waals surface area contributed by atoms with E-state index in [1.54, 1.807) is 7.11 Å². The van der Waals surface area contributed by atoms with Gasteiger partial charge in [0.15, 0.2) is 0 Å². The van der Waals surface area contributed by atoms with Crippen LogP contribution in [-0.4, -0.2) is 23.6 Å². The Morgan fingerprint density at radius 1 is 1.29 bits per heavy atom. The maximum absolute atomic E-state index is 6.22. The monoisotopic (exact) mass is 305 g/mol. The van der Waals surface area contributed by atoms with Gasteiger partial charge in [-0.15, -0.1) is 0 Å². The van der Waals surface area contributed by atoms with Crippen molar-refractivity contribution in [3.05, 3.63) is 52.4 Å². The Morgan fingerprint density at radius 2 is 2.05 bits per heavy atom. The second kappa shape index (κ2) is 7.38. The van der Waals surface area contributed by atoms with Gasteiger partial charge >= 0.3 is 0 Å². The molecule has 0 aliphatic rings. The third kappa shape index (κ3) is 4.16. The fourth-order valence-electron chi connectivity index (χ4n) is 2.15. The number of anilines is 1. The van der Waals surface area contributed by atoms with Gasteiger partial charge < -0.3 is 10.1 Å². The number of nitrogens with one attached hydrogen (secondary N) is 1. The predicted molar refractivity (Wildman–Crippen MR) is 85.8 cm³/mol. The standard InChI is InChI=1S/C16H20ClN3O/c1-4-12-9-16(20-11(2)19-12)18-10-15(21-3)13-7-5-6-8-14(13)17/h5-9,15H,4,10H2,1-3H3,(H,18,19,20). The van der Waals surface area contributed by atoms with E-state index in [0.717, 1.165) is 29.3 Å². The number of aryl methyl sites for hydroxylation is 2. The summed E-state index contributed by atoms with van der Waals surface area (Å²) in [5, 5.41) is 4.01. The van der Waals surface area contributed by atoms with E-state index in [4.69, 9.17) is 16.3 Å². The second-order valence-corrected chi connectivity index (χ2v) is 5.18. The van der Waals surface area contributed by atoms with Gasteiger partial charge in [-0.3, -0.25) is 0 Å². The minimum absolute atomic E-state index is 0.126. The lowest BCUT2D eigenvalue weighted by molar-refractivity contribution is 0.114. The number of aromatic nitrogens is 2. The summed E-state index contributed by atoms with van der Waals surface area (Å²) in [5.41, 5.74) is 1.99. The molecule has 0 spiro atoms. The molecule has 0 radical (unpaired) electrons. The topological polar surface area (TPSA) is 47.0 Å². The highest BCUT2D eigenvalue weighted by atomic mass is 35.5. The molecule has 0 amide bonds. The first-order chi connectivity index (χ1) is 10.1. The molecule has 0 aliphatic carbocycles. The van der Waals surface area contributed by atoms with Crippen LogP contribution in [0.15, 0.2) is 30.3 Å². The van der Waals surface area contributed by atoms with E-state index < -0.39 is 0 Å². The lowest BCUT2D eigenvalue weighted by Gasteiger charge is -2.18. The highest BCUT2D eigenvalue weighted by Crippen LogP contribution is 2.25. The van der Waals surface area contributed by atoms with Gasteiger partial charge in [-0.2, -0.15) is 0 Å². The third-order valence-corrected chi connectivity index (χ3v) is 3.60. The number of methoxy groups -OCH3 is 1. The second-order valence-electron chi connectivity index (χ2n) is 4.77. The van der Waals surface area contributed by atoms with Gasteiger partial charge in [-0.1, -0.05) is 36.7 Å². The van der Waals surface area contributed by atoms with Gasteiger partial charge in [0.25, 0.3) is 0 Å². The summed E-state index contributed by atoms with van der Waals surface area (Å²) in [6, 6.07) is 9.67. The predicted octanol–water partition coefficient (Wildman–Crippen LogP) is 3.80. The lowest BCUT2D eigenvalue weighted by atomic mass is 10.1. The van der Waals surface area contributed by atoms with Crippen molar-refractivity contribution in [1.82, 2.24) is 9.97 Å². The summed E-state index contributed by atoms with van der Waals surface area (Å²) >= 11 is 6.22. The normalized spacial score (nSPS) is 12.2. The summed E-state index contributed by atoms with van der Waals surface area (Å²) < 4.78 is 5.54. The van der Waals surface area contributed by atoms with Gasteiger partial charge in [0.2, 0.25) is 0 Å². The van der Waals surface area contributed by atoms with Gasteiger partial charge in [0.1, 0.15) is 17.7 Å². The van der Waals surface area contributed by atoms with Crippen molar-refractivity contribution in [2.75, 3.05) is 19.0 Å². The molecule has 2 aromatic rings. The van der Waals surface area contributed by atoms with Crippen molar-refractivity contribution in [3.63, 3.8) is 0 Å². The number of rotatable bonds is 6. The van der Waals surface area contributed by atoms with E-state index in [1.165, 1.54) is 0 Å². The molecule has 1 aromatic carbocycles.